The fraction of sp³-hybridized carbons (Fsp3) is 0.450. The lowest BCUT2D eigenvalue weighted by Crippen LogP contribution is -2.48. The lowest BCUT2D eigenvalue weighted by Gasteiger charge is -2.24. The third kappa shape index (κ3) is 4.01. The summed E-state index contributed by atoms with van der Waals surface area (Å²) in [6.07, 6.45) is 0.723. The van der Waals surface area contributed by atoms with Crippen LogP contribution in [0.15, 0.2) is 28.7 Å². The number of amides is 4. The van der Waals surface area contributed by atoms with Crippen LogP contribution in [0.3, 0.4) is 0 Å². The Kier molecular flexibility index (Phi) is 5.99. The van der Waals surface area contributed by atoms with Crippen molar-refractivity contribution in [3.8, 4) is 0 Å². The van der Waals surface area contributed by atoms with Crippen molar-refractivity contribution in [2.45, 2.75) is 39.3 Å². The second kappa shape index (κ2) is 8.43. The number of fused-ring (bicyclic) bond motifs is 1. The van der Waals surface area contributed by atoms with E-state index in [0.717, 1.165) is 17.4 Å². The van der Waals surface area contributed by atoms with Gasteiger partial charge in [0, 0.05) is 36.1 Å². The van der Waals surface area contributed by atoms with Crippen LogP contribution in [0.25, 0.3) is 11.0 Å². The maximum Gasteiger partial charge on any atom is 0.321 e. The van der Waals surface area contributed by atoms with E-state index in [9.17, 15) is 14.4 Å². The Morgan fingerprint density at radius 1 is 1.25 bits per heavy atom. The average Bonchev–Trinajstić information content (AvgIpc) is 3.20. The van der Waals surface area contributed by atoms with Gasteiger partial charge in [-0.05, 0) is 33.3 Å². The normalized spacial score (nSPS) is 19.0. The van der Waals surface area contributed by atoms with Gasteiger partial charge in [-0.2, -0.15) is 0 Å². The first-order valence-corrected chi connectivity index (χ1v) is 9.52. The highest BCUT2D eigenvalue weighted by atomic mass is 16.3. The number of nitrogens with zero attached hydrogens (tertiary/aromatic N) is 1. The van der Waals surface area contributed by atoms with Crippen LogP contribution in [-0.2, 0) is 4.79 Å². The number of imide groups is 1. The van der Waals surface area contributed by atoms with E-state index in [1.807, 2.05) is 38.1 Å². The SMILES string of the molecule is CCNC(=O)NC(=O)CNC1CCN(C(=O)c2oc3ccccc3c2C)C1C. The Morgan fingerprint density at radius 3 is 2.71 bits per heavy atom. The van der Waals surface area contributed by atoms with Crippen LogP contribution >= 0.6 is 0 Å². The number of hydrogen-bond donors (Lipinski definition) is 3. The summed E-state index contributed by atoms with van der Waals surface area (Å²) < 4.78 is 5.80. The second-order valence-corrected chi connectivity index (χ2v) is 6.98. The molecule has 0 spiro atoms. The van der Waals surface area contributed by atoms with Crippen LogP contribution < -0.4 is 16.0 Å². The van der Waals surface area contributed by atoms with Crippen LogP contribution in [0.2, 0.25) is 0 Å². The molecule has 2 unspecified atom stereocenters. The van der Waals surface area contributed by atoms with Gasteiger partial charge in [-0.15, -0.1) is 0 Å². The van der Waals surface area contributed by atoms with Crippen molar-refractivity contribution in [2.75, 3.05) is 19.6 Å². The van der Waals surface area contributed by atoms with E-state index in [-0.39, 0.29) is 24.5 Å². The molecule has 3 N–H and O–H groups in total. The minimum Gasteiger partial charge on any atom is -0.451 e. The molecule has 0 radical (unpaired) electrons. The minimum absolute atomic E-state index is 0.0117. The number of nitrogens with one attached hydrogen (secondary N) is 3. The van der Waals surface area contributed by atoms with Crippen molar-refractivity contribution < 1.29 is 18.8 Å². The van der Waals surface area contributed by atoms with E-state index in [1.54, 1.807) is 11.8 Å². The number of likely N-dealkylation sites (tertiary alicyclic amines) is 1. The highest BCUT2D eigenvalue weighted by molar-refractivity contribution is 5.99. The van der Waals surface area contributed by atoms with Crippen molar-refractivity contribution in [1.82, 2.24) is 20.9 Å². The van der Waals surface area contributed by atoms with Gasteiger partial charge in [0.2, 0.25) is 5.91 Å². The number of aryl methyl sites for hydroxylation is 1. The number of carbonyl (C=O) groups excluding carboxylic acids is 3. The van der Waals surface area contributed by atoms with E-state index in [0.29, 0.717) is 24.4 Å². The van der Waals surface area contributed by atoms with Gasteiger partial charge >= 0.3 is 6.03 Å². The molecule has 2 aromatic rings. The number of carbonyl (C=O) groups is 3. The zero-order chi connectivity index (χ0) is 20.3. The molecule has 8 heteroatoms. The molecular formula is C20H26N4O4. The highest BCUT2D eigenvalue weighted by Crippen LogP contribution is 2.28. The molecule has 28 heavy (non-hydrogen) atoms. The molecule has 0 aliphatic carbocycles. The van der Waals surface area contributed by atoms with Crippen LogP contribution in [0.1, 0.15) is 36.4 Å². The van der Waals surface area contributed by atoms with Gasteiger partial charge in [-0.25, -0.2) is 4.79 Å². The Bertz CT molecular complexity index is 891. The quantitative estimate of drug-likeness (QED) is 0.727. The van der Waals surface area contributed by atoms with Crippen molar-refractivity contribution >= 4 is 28.8 Å². The second-order valence-electron chi connectivity index (χ2n) is 6.98. The van der Waals surface area contributed by atoms with E-state index in [4.69, 9.17) is 4.42 Å². The Labute approximate surface area is 163 Å². The van der Waals surface area contributed by atoms with Gasteiger partial charge in [0.05, 0.1) is 6.54 Å². The summed E-state index contributed by atoms with van der Waals surface area (Å²) in [5, 5.41) is 8.84. The smallest absolute Gasteiger partial charge is 0.321 e. The van der Waals surface area contributed by atoms with Gasteiger partial charge in [-0.1, -0.05) is 18.2 Å². The van der Waals surface area contributed by atoms with Crippen molar-refractivity contribution in [3.05, 3.63) is 35.6 Å². The lowest BCUT2D eigenvalue weighted by molar-refractivity contribution is -0.119. The lowest BCUT2D eigenvalue weighted by atomic mass is 10.1. The topological polar surface area (TPSA) is 104 Å². The number of benzene rings is 1. The Morgan fingerprint density at radius 2 is 2.00 bits per heavy atom. The van der Waals surface area contributed by atoms with E-state index < -0.39 is 11.9 Å². The fourth-order valence-corrected chi connectivity index (χ4v) is 3.61. The molecule has 150 valence electrons. The highest BCUT2D eigenvalue weighted by Gasteiger charge is 2.36. The molecule has 8 nitrogen and oxygen atoms in total. The number of furan rings is 1. The number of hydrogen-bond acceptors (Lipinski definition) is 5. The van der Waals surface area contributed by atoms with Crippen molar-refractivity contribution in [2.24, 2.45) is 0 Å². The van der Waals surface area contributed by atoms with Crippen molar-refractivity contribution in [3.63, 3.8) is 0 Å². The number of para-hydroxylation sites is 1. The molecule has 3 rings (SSSR count). The molecular weight excluding hydrogens is 360 g/mol. The Balaban J connectivity index is 1.61. The van der Waals surface area contributed by atoms with Crippen molar-refractivity contribution in [1.29, 1.82) is 0 Å². The summed E-state index contributed by atoms with van der Waals surface area (Å²) >= 11 is 0. The molecule has 2 heterocycles. The monoisotopic (exact) mass is 386 g/mol. The first kappa shape index (κ1) is 19.9. The molecule has 4 amide bonds. The number of urea groups is 1. The molecule has 1 fully saturated rings. The minimum atomic E-state index is -0.508. The first-order valence-electron chi connectivity index (χ1n) is 9.52. The Hall–Kier alpha value is -2.87. The third-order valence-electron chi connectivity index (χ3n) is 5.17. The van der Waals surface area contributed by atoms with E-state index in [1.165, 1.54) is 0 Å². The summed E-state index contributed by atoms with van der Waals surface area (Å²) in [5.74, 6) is -0.184. The third-order valence-corrected chi connectivity index (χ3v) is 5.17. The predicted octanol–water partition coefficient (Wildman–Crippen LogP) is 1.78. The summed E-state index contributed by atoms with van der Waals surface area (Å²) in [6, 6.07) is 6.95. The van der Waals surface area contributed by atoms with Gasteiger partial charge in [0.25, 0.3) is 5.91 Å². The largest absolute Gasteiger partial charge is 0.451 e. The zero-order valence-corrected chi connectivity index (χ0v) is 16.4. The van der Waals surface area contributed by atoms with Crippen LogP contribution in [-0.4, -0.2) is 54.5 Å². The summed E-state index contributed by atoms with van der Waals surface area (Å²) in [5.41, 5.74) is 1.54. The summed E-state index contributed by atoms with van der Waals surface area (Å²) in [6.45, 7) is 6.65. The molecule has 1 aliphatic rings. The van der Waals surface area contributed by atoms with E-state index >= 15 is 0 Å². The molecule has 0 bridgehead atoms. The standard InChI is InChI=1S/C20H26N4O4/c1-4-21-20(27)23-17(25)11-22-15-9-10-24(13(15)3)19(26)18-12(2)14-7-5-6-8-16(14)28-18/h5-8,13,15,22H,4,9-11H2,1-3H3,(H2,21,23,25,27). The summed E-state index contributed by atoms with van der Waals surface area (Å²) in [4.78, 5) is 38.0. The van der Waals surface area contributed by atoms with Gasteiger partial charge in [0.1, 0.15) is 5.58 Å². The van der Waals surface area contributed by atoms with Crippen LogP contribution in [0.5, 0.6) is 0 Å². The van der Waals surface area contributed by atoms with Crippen LogP contribution in [0.4, 0.5) is 4.79 Å². The van der Waals surface area contributed by atoms with Gasteiger partial charge in [-0.3, -0.25) is 14.9 Å². The van der Waals surface area contributed by atoms with Crippen LogP contribution in [0, 0.1) is 6.92 Å². The summed E-state index contributed by atoms with van der Waals surface area (Å²) in [7, 11) is 0. The molecule has 0 saturated carbocycles. The molecule has 1 aromatic carbocycles. The molecule has 1 saturated heterocycles. The maximum absolute atomic E-state index is 13.0. The fourth-order valence-electron chi connectivity index (χ4n) is 3.61. The molecule has 2 atom stereocenters. The molecule has 1 aromatic heterocycles. The average molecular weight is 386 g/mol. The zero-order valence-electron chi connectivity index (χ0n) is 16.4. The van der Waals surface area contributed by atoms with Gasteiger partial charge in [0.15, 0.2) is 5.76 Å². The first-order chi connectivity index (χ1) is 13.4. The van der Waals surface area contributed by atoms with Gasteiger partial charge < -0.3 is 20.0 Å². The predicted molar refractivity (Wildman–Crippen MR) is 105 cm³/mol. The number of rotatable bonds is 5. The van der Waals surface area contributed by atoms with E-state index in [2.05, 4.69) is 16.0 Å². The maximum atomic E-state index is 13.0. The molecule has 1 aliphatic heterocycles.